The normalized spacial score (nSPS) is 11.3. The highest BCUT2D eigenvalue weighted by molar-refractivity contribution is 8.01. The number of thioether (sulfide) groups is 1. The van der Waals surface area contributed by atoms with Crippen LogP contribution >= 0.6 is 23.1 Å². The van der Waals surface area contributed by atoms with E-state index in [1.54, 1.807) is 0 Å². The van der Waals surface area contributed by atoms with Gasteiger partial charge in [-0.15, -0.1) is 10.2 Å². The van der Waals surface area contributed by atoms with Gasteiger partial charge < -0.3 is 10.1 Å². The van der Waals surface area contributed by atoms with Gasteiger partial charge in [0.25, 0.3) is 0 Å². The first-order valence-corrected chi connectivity index (χ1v) is 8.79. The van der Waals surface area contributed by atoms with E-state index in [4.69, 9.17) is 4.74 Å². The molecule has 2 rings (SSSR count). The second-order valence-electron chi connectivity index (χ2n) is 4.60. The van der Waals surface area contributed by atoms with Crippen LogP contribution in [0.4, 0.5) is 18.9 Å². The van der Waals surface area contributed by atoms with E-state index in [-0.39, 0.29) is 17.2 Å². The minimum Gasteiger partial charge on any atom is -0.491 e. The molecule has 0 spiro atoms. The van der Waals surface area contributed by atoms with Crippen molar-refractivity contribution in [3.63, 3.8) is 0 Å². The van der Waals surface area contributed by atoms with Crippen LogP contribution in [0.15, 0.2) is 28.0 Å². The van der Waals surface area contributed by atoms with Gasteiger partial charge >= 0.3 is 6.18 Å². The molecule has 10 heteroatoms. The molecule has 24 heavy (non-hydrogen) atoms. The van der Waals surface area contributed by atoms with Gasteiger partial charge in [0.2, 0.25) is 5.91 Å². The van der Waals surface area contributed by atoms with Gasteiger partial charge in [-0.3, -0.25) is 4.79 Å². The third-order valence-electron chi connectivity index (χ3n) is 2.71. The number of amides is 1. The summed E-state index contributed by atoms with van der Waals surface area (Å²) in [5.74, 6) is -0.228. The second-order valence-corrected chi connectivity index (χ2v) is 6.65. The van der Waals surface area contributed by atoms with Gasteiger partial charge in [-0.2, -0.15) is 13.2 Å². The Morgan fingerprint density at radius 3 is 2.83 bits per heavy atom. The fraction of sp³-hybridized carbons (Fsp3) is 0.357. The van der Waals surface area contributed by atoms with E-state index in [1.807, 2.05) is 6.92 Å². The minimum absolute atomic E-state index is 0.00105. The van der Waals surface area contributed by atoms with Crippen molar-refractivity contribution in [1.82, 2.24) is 10.2 Å². The lowest BCUT2D eigenvalue weighted by Gasteiger charge is -2.15. The Bertz CT molecular complexity index is 678. The molecule has 0 fully saturated rings. The summed E-state index contributed by atoms with van der Waals surface area (Å²) < 4.78 is 44.6. The van der Waals surface area contributed by atoms with Gasteiger partial charge in [0.1, 0.15) is 11.3 Å². The minimum atomic E-state index is -4.50. The summed E-state index contributed by atoms with van der Waals surface area (Å²) in [6.07, 6.45) is -3.80. The summed E-state index contributed by atoms with van der Waals surface area (Å²) in [5.41, 5.74) is 0.684. The molecule has 0 saturated carbocycles. The number of nitrogens with zero attached hydrogens (tertiary/aromatic N) is 2. The maximum Gasteiger partial charge on any atom is 0.416 e. The fourth-order valence-corrected chi connectivity index (χ4v) is 2.97. The number of aromatic nitrogens is 2. The molecule has 1 N–H and O–H groups in total. The molecule has 1 aromatic carbocycles. The molecule has 0 unspecified atom stereocenters. The highest BCUT2D eigenvalue weighted by Gasteiger charge is 2.31. The summed E-state index contributed by atoms with van der Waals surface area (Å²) >= 11 is 2.44. The van der Waals surface area contributed by atoms with E-state index in [1.165, 1.54) is 22.9 Å². The number of carbonyl (C=O) groups is 1. The van der Waals surface area contributed by atoms with E-state index in [0.717, 1.165) is 23.9 Å². The number of halogens is 3. The van der Waals surface area contributed by atoms with Crippen LogP contribution in [0.25, 0.3) is 0 Å². The lowest BCUT2D eigenvalue weighted by Crippen LogP contribution is -2.16. The Labute approximate surface area is 144 Å². The van der Waals surface area contributed by atoms with Crippen molar-refractivity contribution < 1.29 is 22.7 Å². The van der Waals surface area contributed by atoms with Crippen molar-refractivity contribution in [2.24, 2.45) is 0 Å². The van der Waals surface area contributed by atoms with Gasteiger partial charge in [0, 0.05) is 0 Å². The number of benzene rings is 1. The lowest BCUT2D eigenvalue weighted by molar-refractivity contribution is -0.137. The van der Waals surface area contributed by atoms with Gasteiger partial charge in [-0.1, -0.05) is 30.0 Å². The quantitative estimate of drug-likeness (QED) is 0.737. The molecule has 5 nitrogen and oxygen atoms in total. The van der Waals surface area contributed by atoms with Crippen LogP contribution < -0.4 is 10.1 Å². The van der Waals surface area contributed by atoms with Gasteiger partial charge in [-0.25, -0.2) is 0 Å². The van der Waals surface area contributed by atoms with E-state index >= 15 is 0 Å². The molecule has 0 aliphatic heterocycles. The van der Waals surface area contributed by atoms with Crippen LogP contribution in [0.3, 0.4) is 0 Å². The van der Waals surface area contributed by atoms with Crippen molar-refractivity contribution in [1.29, 1.82) is 0 Å². The Balaban J connectivity index is 2.10. The van der Waals surface area contributed by atoms with E-state index < -0.39 is 17.6 Å². The van der Waals surface area contributed by atoms with Crippen LogP contribution in [0.5, 0.6) is 5.75 Å². The van der Waals surface area contributed by atoms with Gasteiger partial charge in [0.15, 0.2) is 4.34 Å². The molecule has 1 heterocycles. The average molecular weight is 377 g/mol. The summed E-state index contributed by atoms with van der Waals surface area (Å²) in [7, 11) is 0. The van der Waals surface area contributed by atoms with Crippen molar-refractivity contribution in [2.75, 3.05) is 17.7 Å². The Kier molecular flexibility index (Phi) is 6.44. The number of carbonyl (C=O) groups excluding carboxylic acids is 1. The highest BCUT2D eigenvalue weighted by atomic mass is 32.2. The fourth-order valence-electron chi connectivity index (χ4n) is 1.68. The average Bonchev–Trinajstić information content (AvgIpc) is 3.04. The summed E-state index contributed by atoms with van der Waals surface area (Å²) in [6, 6.07) is 3.02. The predicted octanol–water partition coefficient (Wildman–Crippen LogP) is 4.08. The molecule has 0 atom stereocenters. The molecule has 0 radical (unpaired) electrons. The van der Waals surface area contributed by atoms with Crippen LogP contribution in [0.1, 0.15) is 18.9 Å². The maximum atomic E-state index is 12.9. The zero-order valence-corrected chi connectivity index (χ0v) is 14.2. The van der Waals surface area contributed by atoms with Crippen LogP contribution in [-0.2, 0) is 11.0 Å². The zero-order chi connectivity index (χ0) is 17.6. The molecule has 1 aromatic heterocycles. The third kappa shape index (κ3) is 5.38. The topological polar surface area (TPSA) is 64.1 Å². The zero-order valence-electron chi connectivity index (χ0n) is 12.6. The number of hydrogen-bond donors (Lipinski definition) is 1. The smallest absolute Gasteiger partial charge is 0.416 e. The lowest BCUT2D eigenvalue weighted by atomic mass is 10.1. The first-order valence-electron chi connectivity index (χ1n) is 6.93. The monoisotopic (exact) mass is 377 g/mol. The van der Waals surface area contributed by atoms with E-state index in [2.05, 4.69) is 15.5 Å². The summed E-state index contributed by atoms with van der Waals surface area (Å²) in [4.78, 5) is 12.0. The number of hydrogen-bond acceptors (Lipinski definition) is 6. The van der Waals surface area contributed by atoms with Crippen molar-refractivity contribution in [3.8, 4) is 5.75 Å². The molecule has 2 aromatic rings. The Morgan fingerprint density at radius 2 is 2.21 bits per heavy atom. The molecular formula is C14H14F3N3O2S2. The van der Waals surface area contributed by atoms with Gasteiger partial charge in [0.05, 0.1) is 23.6 Å². The van der Waals surface area contributed by atoms with Gasteiger partial charge in [-0.05, 0) is 24.6 Å². The molecular weight excluding hydrogens is 363 g/mol. The molecule has 130 valence electrons. The standard InChI is InChI=1S/C14H14F3N3O2S2/c1-2-5-22-11-4-3-9(14(15,16)17)6-10(11)19-12(21)7-23-13-20-18-8-24-13/h3-4,6,8H,2,5,7H2,1H3,(H,19,21). The summed E-state index contributed by atoms with van der Waals surface area (Å²) in [6.45, 7) is 2.22. The van der Waals surface area contributed by atoms with E-state index in [9.17, 15) is 18.0 Å². The SMILES string of the molecule is CCCOc1ccc(C(F)(F)F)cc1NC(=O)CSc1nncs1. The van der Waals surface area contributed by atoms with E-state index in [0.29, 0.717) is 17.4 Å². The Hall–Kier alpha value is -1.81. The predicted molar refractivity (Wildman–Crippen MR) is 86.5 cm³/mol. The molecule has 0 aliphatic rings. The van der Waals surface area contributed by atoms with Crippen molar-refractivity contribution in [3.05, 3.63) is 29.3 Å². The first-order chi connectivity index (χ1) is 11.4. The third-order valence-corrected chi connectivity index (χ3v) is 4.57. The molecule has 1 amide bonds. The Morgan fingerprint density at radius 1 is 1.42 bits per heavy atom. The van der Waals surface area contributed by atoms with Crippen LogP contribution in [0.2, 0.25) is 0 Å². The van der Waals surface area contributed by atoms with Crippen LogP contribution in [-0.4, -0.2) is 28.5 Å². The highest BCUT2D eigenvalue weighted by Crippen LogP contribution is 2.35. The largest absolute Gasteiger partial charge is 0.491 e. The van der Waals surface area contributed by atoms with Crippen LogP contribution in [0, 0.1) is 0 Å². The van der Waals surface area contributed by atoms with Crippen molar-refractivity contribution >= 4 is 34.7 Å². The first kappa shape index (κ1) is 18.5. The van der Waals surface area contributed by atoms with Crippen molar-refractivity contribution in [2.45, 2.75) is 23.9 Å². The number of rotatable bonds is 7. The maximum absolute atomic E-state index is 12.9. The molecule has 0 aliphatic carbocycles. The number of nitrogens with one attached hydrogen (secondary N) is 1. The molecule has 0 bridgehead atoms. The molecule has 0 saturated heterocycles. The number of anilines is 1. The number of alkyl halides is 3. The second kappa shape index (κ2) is 8.34. The summed E-state index contributed by atoms with van der Waals surface area (Å²) in [5, 5.41) is 9.89. The number of ether oxygens (including phenoxy) is 1.